The fourth-order valence-electron chi connectivity index (χ4n) is 3.01. The number of benzene rings is 2. The molecule has 0 aliphatic rings. The summed E-state index contributed by atoms with van der Waals surface area (Å²) < 4.78 is 5.40. The molecule has 27 heavy (non-hydrogen) atoms. The molecule has 2 aromatic carbocycles. The van der Waals surface area contributed by atoms with Gasteiger partial charge in [0.05, 0.1) is 24.6 Å². The summed E-state index contributed by atoms with van der Waals surface area (Å²) in [6.45, 7) is 4.30. The predicted octanol–water partition coefficient (Wildman–Crippen LogP) is 3.12. The van der Waals surface area contributed by atoms with E-state index in [4.69, 9.17) is 4.74 Å². The van der Waals surface area contributed by atoms with E-state index in [2.05, 4.69) is 9.97 Å². The Bertz CT molecular complexity index is 1010. The van der Waals surface area contributed by atoms with Crippen LogP contribution in [0.1, 0.15) is 25.2 Å². The van der Waals surface area contributed by atoms with Gasteiger partial charge in [-0.15, -0.1) is 0 Å². The van der Waals surface area contributed by atoms with Crippen molar-refractivity contribution in [3.63, 3.8) is 0 Å². The SMILES string of the molecule is COc1ccccc1CN(Cc1nc2ccccc2c(=O)[nH]1)C(=O)C(C)C. The van der Waals surface area contributed by atoms with Gasteiger partial charge in [-0.3, -0.25) is 9.59 Å². The predicted molar refractivity (Wildman–Crippen MR) is 104 cm³/mol. The molecule has 0 atom stereocenters. The number of aromatic amines is 1. The van der Waals surface area contributed by atoms with Crippen molar-refractivity contribution in [3.05, 3.63) is 70.3 Å². The second kappa shape index (κ2) is 8.03. The first kappa shape index (κ1) is 18.6. The molecule has 6 nitrogen and oxygen atoms in total. The molecule has 0 aliphatic heterocycles. The van der Waals surface area contributed by atoms with Gasteiger partial charge in [-0.1, -0.05) is 44.2 Å². The number of carbonyl (C=O) groups is 1. The summed E-state index contributed by atoms with van der Waals surface area (Å²) in [5.41, 5.74) is 1.31. The Kier molecular flexibility index (Phi) is 5.54. The first-order valence-electron chi connectivity index (χ1n) is 8.88. The minimum absolute atomic E-state index is 0.0169. The van der Waals surface area contributed by atoms with Crippen molar-refractivity contribution in [2.45, 2.75) is 26.9 Å². The van der Waals surface area contributed by atoms with Crippen LogP contribution in [-0.2, 0) is 17.9 Å². The first-order chi connectivity index (χ1) is 13.0. The molecular formula is C21H23N3O3. The Morgan fingerprint density at radius 3 is 2.56 bits per heavy atom. The number of hydrogen-bond acceptors (Lipinski definition) is 4. The third kappa shape index (κ3) is 4.16. The van der Waals surface area contributed by atoms with E-state index < -0.39 is 0 Å². The summed E-state index contributed by atoms with van der Waals surface area (Å²) >= 11 is 0. The Labute approximate surface area is 157 Å². The number of hydrogen-bond donors (Lipinski definition) is 1. The minimum Gasteiger partial charge on any atom is -0.496 e. The van der Waals surface area contributed by atoms with Crippen LogP contribution in [0.25, 0.3) is 10.9 Å². The average molecular weight is 365 g/mol. The Morgan fingerprint density at radius 2 is 1.81 bits per heavy atom. The van der Waals surface area contributed by atoms with Crippen LogP contribution in [0.4, 0.5) is 0 Å². The molecule has 0 saturated carbocycles. The van der Waals surface area contributed by atoms with Crippen molar-refractivity contribution in [2.75, 3.05) is 7.11 Å². The molecule has 0 saturated heterocycles. The molecule has 3 aromatic rings. The number of para-hydroxylation sites is 2. The van der Waals surface area contributed by atoms with Gasteiger partial charge in [-0.05, 0) is 18.2 Å². The van der Waals surface area contributed by atoms with Gasteiger partial charge < -0.3 is 14.6 Å². The van der Waals surface area contributed by atoms with Crippen LogP contribution in [0, 0.1) is 5.92 Å². The van der Waals surface area contributed by atoms with Crippen LogP contribution in [0.3, 0.4) is 0 Å². The van der Waals surface area contributed by atoms with E-state index in [0.717, 1.165) is 11.3 Å². The molecule has 0 radical (unpaired) electrons. The molecule has 3 rings (SSSR count). The van der Waals surface area contributed by atoms with Crippen LogP contribution in [0.5, 0.6) is 5.75 Å². The fraction of sp³-hybridized carbons (Fsp3) is 0.286. The number of methoxy groups -OCH3 is 1. The third-order valence-electron chi connectivity index (χ3n) is 4.36. The maximum atomic E-state index is 12.8. The summed E-state index contributed by atoms with van der Waals surface area (Å²) in [6, 6.07) is 14.8. The molecule has 0 fully saturated rings. The molecule has 0 bridgehead atoms. The van der Waals surface area contributed by atoms with Gasteiger partial charge in [0.1, 0.15) is 11.6 Å². The van der Waals surface area contributed by atoms with Gasteiger partial charge in [-0.25, -0.2) is 4.98 Å². The summed E-state index contributed by atoms with van der Waals surface area (Å²) in [7, 11) is 1.61. The number of H-pyrrole nitrogens is 1. The Hall–Kier alpha value is -3.15. The van der Waals surface area contributed by atoms with E-state index >= 15 is 0 Å². The average Bonchev–Trinajstić information content (AvgIpc) is 2.67. The molecule has 1 aromatic heterocycles. The molecule has 0 unspecified atom stereocenters. The van der Waals surface area contributed by atoms with E-state index in [0.29, 0.717) is 23.3 Å². The van der Waals surface area contributed by atoms with Crippen LogP contribution in [0.15, 0.2) is 53.3 Å². The Balaban J connectivity index is 1.95. The van der Waals surface area contributed by atoms with Crippen LogP contribution in [-0.4, -0.2) is 27.9 Å². The standard InChI is InChI=1S/C21H23N3O3/c1-14(2)21(26)24(12-15-8-4-7-11-18(15)27-3)13-19-22-17-10-6-5-9-16(17)20(25)23-19/h4-11,14H,12-13H2,1-3H3,(H,22,23,25). The zero-order chi connectivity index (χ0) is 19.4. The lowest BCUT2D eigenvalue weighted by Crippen LogP contribution is -2.34. The zero-order valence-corrected chi connectivity index (χ0v) is 15.7. The molecular weight excluding hydrogens is 342 g/mol. The van der Waals surface area contributed by atoms with Gasteiger partial charge >= 0.3 is 0 Å². The summed E-state index contributed by atoms with van der Waals surface area (Å²) in [5.74, 6) is 0.991. The number of fused-ring (bicyclic) bond motifs is 1. The maximum absolute atomic E-state index is 12.8. The first-order valence-corrected chi connectivity index (χ1v) is 8.88. The number of rotatable bonds is 6. The molecule has 1 amide bonds. The van der Waals surface area contributed by atoms with E-state index in [1.807, 2.05) is 44.2 Å². The van der Waals surface area contributed by atoms with Crippen molar-refractivity contribution in [2.24, 2.45) is 5.92 Å². The highest BCUT2D eigenvalue weighted by atomic mass is 16.5. The van der Waals surface area contributed by atoms with Gasteiger partial charge in [0.15, 0.2) is 0 Å². The fourth-order valence-corrected chi connectivity index (χ4v) is 3.01. The molecule has 0 aliphatic carbocycles. The van der Waals surface area contributed by atoms with E-state index in [9.17, 15) is 9.59 Å². The summed E-state index contributed by atoms with van der Waals surface area (Å²) in [5, 5.41) is 0.535. The van der Waals surface area contributed by atoms with Crippen molar-refractivity contribution in [1.82, 2.24) is 14.9 Å². The Morgan fingerprint density at radius 1 is 1.11 bits per heavy atom. The highest BCUT2D eigenvalue weighted by Gasteiger charge is 2.20. The second-order valence-corrected chi connectivity index (χ2v) is 6.69. The number of carbonyl (C=O) groups excluding carboxylic acids is 1. The molecule has 6 heteroatoms. The number of nitrogens with zero attached hydrogens (tertiary/aromatic N) is 2. The lowest BCUT2D eigenvalue weighted by Gasteiger charge is -2.25. The largest absolute Gasteiger partial charge is 0.496 e. The molecule has 1 heterocycles. The van der Waals surface area contributed by atoms with E-state index in [1.165, 1.54) is 0 Å². The van der Waals surface area contributed by atoms with Crippen LogP contribution in [0.2, 0.25) is 0 Å². The highest BCUT2D eigenvalue weighted by molar-refractivity contribution is 5.79. The van der Waals surface area contributed by atoms with E-state index in [1.54, 1.807) is 30.2 Å². The molecule has 140 valence electrons. The van der Waals surface area contributed by atoms with Crippen molar-refractivity contribution >= 4 is 16.8 Å². The third-order valence-corrected chi connectivity index (χ3v) is 4.36. The van der Waals surface area contributed by atoms with Gasteiger partial charge in [0, 0.05) is 18.0 Å². The van der Waals surface area contributed by atoms with Crippen LogP contribution < -0.4 is 10.3 Å². The lowest BCUT2D eigenvalue weighted by molar-refractivity contribution is -0.135. The molecule has 1 N–H and O–H groups in total. The number of ether oxygens (including phenoxy) is 1. The van der Waals surface area contributed by atoms with Crippen molar-refractivity contribution in [3.8, 4) is 5.75 Å². The minimum atomic E-state index is -0.204. The summed E-state index contributed by atoms with van der Waals surface area (Å²) in [4.78, 5) is 34.1. The molecule has 0 spiro atoms. The lowest BCUT2D eigenvalue weighted by atomic mass is 10.1. The van der Waals surface area contributed by atoms with Gasteiger partial charge in [0.25, 0.3) is 5.56 Å². The zero-order valence-electron chi connectivity index (χ0n) is 15.7. The topological polar surface area (TPSA) is 75.3 Å². The quantitative estimate of drug-likeness (QED) is 0.728. The van der Waals surface area contributed by atoms with Gasteiger partial charge in [0.2, 0.25) is 5.91 Å². The maximum Gasteiger partial charge on any atom is 0.258 e. The van der Waals surface area contributed by atoms with Gasteiger partial charge in [-0.2, -0.15) is 0 Å². The van der Waals surface area contributed by atoms with E-state index in [-0.39, 0.29) is 23.9 Å². The smallest absolute Gasteiger partial charge is 0.258 e. The summed E-state index contributed by atoms with van der Waals surface area (Å²) in [6.07, 6.45) is 0. The highest BCUT2D eigenvalue weighted by Crippen LogP contribution is 2.21. The monoisotopic (exact) mass is 365 g/mol. The number of nitrogens with one attached hydrogen (secondary N) is 1. The van der Waals surface area contributed by atoms with Crippen molar-refractivity contribution < 1.29 is 9.53 Å². The van der Waals surface area contributed by atoms with Crippen LogP contribution >= 0.6 is 0 Å². The number of amides is 1. The van der Waals surface area contributed by atoms with Crippen molar-refractivity contribution in [1.29, 1.82) is 0 Å². The second-order valence-electron chi connectivity index (χ2n) is 6.69. The normalized spacial score (nSPS) is 11.0. The number of aromatic nitrogens is 2.